The number of alkyl halides is 3. The van der Waals surface area contributed by atoms with Gasteiger partial charge in [0.05, 0.1) is 15.0 Å². The molecule has 3 rings (SSSR count). The van der Waals surface area contributed by atoms with Crippen LogP contribution < -0.4 is 4.74 Å². The van der Waals surface area contributed by atoms with Crippen molar-refractivity contribution in [2.75, 3.05) is 13.1 Å². The van der Waals surface area contributed by atoms with Gasteiger partial charge in [0.1, 0.15) is 5.75 Å². The van der Waals surface area contributed by atoms with E-state index in [9.17, 15) is 30.0 Å². The van der Waals surface area contributed by atoms with Gasteiger partial charge in [-0.25, -0.2) is 16.8 Å². The van der Waals surface area contributed by atoms with Crippen molar-refractivity contribution in [2.45, 2.75) is 21.4 Å². The minimum absolute atomic E-state index is 0.0348. The highest BCUT2D eigenvalue weighted by atomic mass is 35.5. The Morgan fingerprint density at radius 3 is 1.89 bits per heavy atom. The lowest BCUT2D eigenvalue weighted by molar-refractivity contribution is -0.274. The van der Waals surface area contributed by atoms with Crippen molar-refractivity contribution >= 4 is 31.5 Å². The lowest BCUT2D eigenvalue weighted by atomic mass is 10.3. The lowest BCUT2D eigenvalue weighted by Gasteiger charge is -2.37. The number of benzene rings is 2. The van der Waals surface area contributed by atoms with Gasteiger partial charge in [0.15, 0.2) is 9.84 Å². The highest BCUT2D eigenvalue weighted by Crippen LogP contribution is 2.30. The van der Waals surface area contributed by atoms with Crippen molar-refractivity contribution in [1.29, 1.82) is 0 Å². The van der Waals surface area contributed by atoms with Crippen LogP contribution in [0.1, 0.15) is 0 Å². The topological polar surface area (TPSA) is 80.8 Å². The van der Waals surface area contributed by atoms with Crippen molar-refractivity contribution in [3.05, 3.63) is 53.6 Å². The van der Waals surface area contributed by atoms with Crippen LogP contribution in [0.4, 0.5) is 13.2 Å². The Balaban J connectivity index is 1.71. The maximum atomic E-state index is 12.5. The van der Waals surface area contributed by atoms with Gasteiger partial charge in [-0.15, -0.1) is 13.2 Å². The van der Waals surface area contributed by atoms with E-state index in [1.165, 1.54) is 24.3 Å². The van der Waals surface area contributed by atoms with Gasteiger partial charge in [0.25, 0.3) is 0 Å². The summed E-state index contributed by atoms with van der Waals surface area (Å²) >= 11 is 5.73. The predicted molar refractivity (Wildman–Crippen MR) is 94.3 cm³/mol. The average Bonchev–Trinajstić information content (AvgIpc) is 2.52. The Hall–Kier alpha value is -1.82. The van der Waals surface area contributed by atoms with Crippen LogP contribution in [0, 0.1) is 0 Å². The molecule has 0 radical (unpaired) electrons. The minimum atomic E-state index is -4.89. The third kappa shape index (κ3) is 4.27. The quantitative estimate of drug-likeness (QED) is 0.692. The van der Waals surface area contributed by atoms with Crippen LogP contribution in [0.15, 0.2) is 58.3 Å². The molecule has 2 aromatic rings. The van der Waals surface area contributed by atoms with Crippen molar-refractivity contribution in [3.63, 3.8) is 0 Å². The number of ether oxygens (including phenoxy) is 1. The SMILES string of the molecule is O=S(=O)(c1ccc(Cl)cc1)C1CN(S(=O)(=O)c2ccc(OC(F)(F)F)cc2)C1. The maximum Gasteiger partial charge on any atom is 0.573 e. The Morgan fingerprint density at radius 1 is 0.893 bits per heavy atom. The fourth-order valence-electron chi connectivity index (χ4n) is 2.57. The summed E-state index contributed by atoms with van der Waals surface area (Å²) in [6.07, 6.45) is -4.89. The second kappa shape index (κ2) is 7.21. The summed E-state index contributed by atoms with van der Waals surface area (Å²) in [7, 11) is -7.77. The number of hydrogen-bond donors (Lipinski definition) is 0. The van der Waals surface area contributed by atoms with E-state index in [0.29, 0.717) is 5.02 Å². The number of hydrogen-bond acceptors (Lipinski definition) is 5. The van der Waals surface area contributed by atoms with Gasteiger partial charge in [0, 0.05) is 18.1 Å². The fourth-order valence-corrected chi connectivity index (χ4v) is 6.07. The van der Waals surface area contributed by atoms with E-state index in [-0.39, 0.29) is 22.9 Å². The molecule has 0 amide bonds. The van der Waals surface area contributed by atoms with Crippen molar-refractivity contribution in [3.8, 4) is 5.75 Å². The van der Waals surface area contributed by atoms with Crippen molar-refractivity contribution < 1.29 is 34.7 Å². The molecule has 1 aliphatic rings. The summed E-state index contributed by atoms with van der Waals surface area (Å²) < 4.78 is 91.2. The summed E-state index contributed by atoms with van der Waals surface area (Å²) in [4.78, 5) is -0.225. The first-order valence-corrected chi connectivity index (χ1v) is 11.1. The van der Waals surface area contributed by atoms with Crippen LogP contribution in [0.2, 0.25) is 5.02 Å². The number of sulfone groups is 1. The van der Waals surface area contributed by atoms with Crippen LogP contribution in [-0.4, -0.2) is 45.8 Å². The van der Waals surface area contributed by atoms with Crippen molar-refractivity contribution in [1.82, 2.24) is 4.31 Å². The maximum absolute atomic E-state index is 12.5. The molecular formula is C16H13ClF3NO5S2. The highest BCUT2D eigenvalue weighted by molar-refractivity contribution is 7.92. The first kappa shape index (κ1) is 20.9. The van der Waals surface area contributed by atoms with E-state index in [2.05, 4.69) is 4.74 Å². The molecule has 0 aliphatic carbocycles. The Morgan fingerprint density at radius 2 is 1.39 bits per heavy atom. The number of sulfonamides is 1. The molecule has 6 nitrogen and oxygen atoms in total. The molecule has 1 fully saturated rings. The van der Waals surface area contributed by atoms with Crippen LogP contribution in [0.3, 0.4) is 0 Å². The van der Waals surface area contributed by atoms with Crippen LogP contribution in [0.5, 0.6) is 5.75 Å². The molecule has 0 aromatic heterocycles. The van der Waals surface area contributed by atoms with E-state index in [0.717, 1.165) is 28.6 Å². The summed E-state index contributed by atoms with van der Waals surface area (Å²) in [5.74, 6) is -0.557. The van der Waals surface area contributed by atoms with Gasteiger partial charge < -0.3 is 4.74 Å². The molecule has 152 valence electrons. The van der Waals surface area contributed by atoms with Crippen LogP contribution >= 0.6 is 11.6 Å². The summed E-state index contributed by atoms with van der Waals surface area (Å²) in [6.45, 7) is -0.512. The second-order valence-electron chi connectivity index (χ2n) is 5.96. The first-order valence-electron chi connectivity index (χ1n) is 7.75. The molecule has 1 heterocycles. The fraction of sp³-hybridized carbons (Fsp3) is 0.250. The third-order valence-corrected chi connectivity index (χ3v) is 8.29. The van der Waals surface area contributed by atoms with E-state index < -0.39 is 37.2 Å². The molecular weight excluding hydrogens is 443 g/mol. The van der Waals surface area contributed by atoms with E-state index >= 15 is 0 Å². The summed E-state index contributed by atoms with van der Waals surface area (Å²) in [5, 5.41) is -0.550. The predicted octanol–water partition coefficient (Wildman–Crippen LogP) is 3.09. The van der Waals surface area contributed by atoms with Gasteiger partial charge in [-0.05, 0) is 48.5 Å². The first-order chi connectivity index (χ1) is 12.9. The van der Waals surface area contributed by atoms with Crippen molar-refractivity contribution in [2.24, 2.45) is 0 Å². The summed E-state index contributed by atoms with van der Waals surface area (Å²) in [5.41, 5.74) is 0. The lowest BCUT2D eigenvalue weighted by Crippen LogP contribution is -2.56. The van der Waals surface area contributed by atoms with E-state index in [1.807, 2.05) is 0 Å². The monoisotopic (exact) mass is 455 g/mol. The van der Waals surface area contributed by atoms with Gasteiger partial charge in [-0.2, -0.15) is 4.31 Å². The number of nitrogens with zero attached hydrogens (tertiary/aromatic N) is 1. The number of halogens is 4. The Labute approximate surface area is 164 Å². The van der Waals surface area contributed by atoms with Gasteiger partial charge >= 0.3 is 6.36 Å². The molecule has 0 N–H and O–H groups in total. The zero-order chi connectivity index (χ0) is 20.7. The molecule has 0 atom stereocenters. The summed E-state index contributed by atoms with van der Waals surface area (Å²) in [6, 6.07) is 9.22. The Kier molecular flexibility index (Phi) is 5.38. The molecule has 0 bridgehead atoms. The van der Waals surface area contributed by atoms with E-state index in [1.54, 1.807) is 0 Å². The molecule has 12 heteroatoms. The minimum Gasteiger partial charge on any atom is -0.406 e. The number of rotatable bonds is 5. The average molecular weight is 456 g/mol. The zero-order valence-electron chi connectivity index (χ0n) is 13.9. The Bertz CT molecular complexity index is 1060. The van der Waals surface area contributed by atoms with Crippen LogP contribution in [0.25, 0.3) is 0 Å². The van der Waals surface area contributed by atoms with Gasteiger partial charge in [-0.1, -0.05) is 11.6 Å². The largest absolute Gasteiger partial charge is 0.573 e. The molecule has 2 aromatic carbocycles. The highest BCUT2D eigenvalue weighted by Gasteiger charge is 2.44. The standard InChI is InChI=1S/C16H13ClF3NO5S2/c17-11-1-5-13(6-2-11)27(22,23)15-9-21(10-15)28(24,25)14-7-3-12(4-8-14)26-16(18,19)20/h1-8,15H,9-10H2. The molecule has 1 aliphatic heterocycles. The van der Waals surface area contributed by atoms with Crippen LogP contribution in [-0.2, 0) is 19.9 Å². The smallest absolute Gasteiger partial charge is 0.406 e. The molecule has 28 heavy (non-hydrogen) atoms. The van der Waals surface area contributed by atoms with E-state index in [4.69, 9.17) is 11.6 Å². The zero-order valence-corrected chi connectivity index (χ0v) is 16.3. The van der Waals surface area contributed by atoms with Gasteiger partial charge in [0.2, 0.25) is 10.0 Å². The van der Waals surface area contributed by atoms with Gasteiger partial charge in [-0.3, -0.25) is 0 Å². The molecule has 1 saturated heterocycles. The second-order valence-corrected chi connectivity index (χ2v) is 10.6. The third-order valence-electron chi connectivity index (χ3n) is 4.09. The molecule has 0 unspecified atom stereocenters. The molecule has 0 saturated carbocycles. The normalized spacial score (nSPS) is 16.6. The molecule has 0 spiro atoms.